The Bertz CT molecular complexity index is 841. The summed E-state index contributed by atoms with van der Waals surface area (Å²) in [6.45, 7) is 7.36. The maximum atomic E-state index is 13.4. The second-order valence-electron chi connectivity index (χ2n) is 7.09. The summed E-state index contributed by atoms with van der Waals surface area (Å²) in [5.74, 6) is 1.33. The number of anilines is 1. The van der Waals surface area contributed by atoms with E-state index in [9.17, 15) is 9.18 Å². The fourth-order valence-corrected chi connectivity index (χ4v) is 4.38. The maximum absolute atomic E-state index is 13.4. The fourth-order valence-electron chi connectivity index (χ4n) is 3.19. The van der Waals surface area contributed by atoms with E-state index in [2.05, 4.69) is 17.1 Å². The number of aryl methyl sites for hydroxylation is 1. The van der Waals surface area contributed by atoms with Crippen molar-refractivity contribution in [3.05, 3.63) is 52.8 Å². The van der Waals surface area contributed by atoms with Gasteiger partial charge in [-0.2, -0.15) is 0 Å². The monoisotopic (exact) mass is 417 g/mol. The summed E-state index contributed by atoms with van der Waals surface area (Å²) >= 11 is 1.63. The lowest BCUT2D eigenvalue weighted by Crippen LogP contribution is -2.37. The van der Waals surface area contributed by atoms with Crippen LogP contribution in [-0.2, 0) is 11.3 Å². The summed E-state index contributed by atoms with van der Waals surface area (Å²) in [4.78, 5) is 20.0. The highest BCUT2D eigenvalue weighted by atomic mass is 32.2. The minimum atomic E-state index is -0.305. The molecule has 0 atom stereocenters. The van der Waals surface area contributed by atoms with Gasteiger partial charge in [-0.1, -0.05) is 25.5 Å². The van der Waals surface area contributed by atoms with Crippen molar-refractivity contribution >= 4 is 23.5 Å². The SMILES string of the molecule is CCCCSc1nc(N2CCOCC2)cc(C)c1C(=O)NCc1cccc(F)c1. The first-order valence-corrected chi connectivity index (χ1v) is 11.1. The minimum absolute atomic E-state index is 0.174. The van der Waals surface area contributed by atoms with Gasteiger partial charge in [0.2, 0.25) is 0 Å². The summed E-state index contributed by atoms with van der Waals surface area (Å²) in [6, 6.07) is 8.25. The number of morpholine rings is 1. The van der Waals surface area contributed by atoms with E-state index in [0.717, 1.165) is 53.7 Å². The largest absolute Gasteiger partial charge is 0.378 e. The molecule has 2 heterocycles. The smallest absolute Gasteiger partial charge is 0.254 e. The molecule has 7 heteroatoms. The molecule has 1 aromatic heterocycles. The van der Waals surface area contributed by atoms with E-state index < -0.39 is 0 Å². The van der Waals surface area contributed by atoms with Crippen LogP contribution in [0.15, 0.2) is 35.4 Å². The highest BCUT2D eigenvalue weighted by molar-refractivity contribution is 7.99. The molecule has 0 radical (unpaired) electrons. The van der Waals surface area contributed by atoms with Gasteiger partial charge in [-0.25, -0.2) is 9.37 Å². The van der Waals surface area contributed by atoms with Gasteiger partial charge in [0.25, 0.3) is 5.91 Å². The zero-order valence-electron chi connectivity index (χ0n) is 17.0. The number of ether oxygens (including phenoxy) is 1. The number of pyridine rings is 1. The molecule has 1 amide bonds. The molecule has 0 aliphatic carbocycles. The molecule has 1 aromatic carbocycles. The van der Waals surface area contributed by atoms with E-state index >= 15 is 0 Å². The standard InChI is InChI=1S/C22H28FN3O2S/c1-3-4-12-29-22-20(21(27)24-15-17-6-5-7-18(23)14-17)16(2)13-19(25-22)26-8-10-28-11-9-26/h5-7,13-14H,3-4,8-12,15H2,1-2H3,(H,24,27). The lowest BCUT2D eigenvalue weighted by Gasteiger charge is -2.29. The highest BCUT2D eigenvalue weighted by Crippen LogP contribution is 2.29. The number of hydrogen-bond acceptors (Lipinski definition) is 5. The van der Waals surface area contributed by atoms with Gasteiger partial charge in [0.05, 0.1) is 18.8 Å². The first-order chi connectivity index (χ1) is 14.1. The molecule has 3 rings (SSSR count). The van der Waals surface area contributed by atoms with E-state index in [1.165, 1.54) is 12.1 Å². The fraction of sp³-hybridized carbons (Fsp3) is 0.455. The van der Waals surface area contributed by atoms with Crippen molar-refractivity contribution in [2.24, 2.45) is 0 Å². The first-order valence-electron chi connectivity index (χ1n) is 10.1. The molecule has 0 bridgehead atoms. The van der Waals surface area contributed by atoms with Crippen LogP contribution in [0.2, 0.25) is 0 Å². The normalized spacial score (nSPS) is 14.1. The van der Waals surface area contributed by atoms with Gasteiger partial charge in [-0.05, 0) is 48.4 Å². The van der Waals surface area contributed by atoms with Gasteiger partial charge in [-0.3, -0.25) is 4.79 Å². The third kappa shape index (κ3) is 5.93. The second kappa shape index (κ2) is 10.6. The van der Waals surface area contributed by atoms with E-state index in [0.29, 0.717) is 18.8 Å². The number of nitrogens with zero attached hydrogens (tertiary/aromatic N) is 2. The molecule has 29 heavy (non-hydrogen) atoms. The number of unbranched alkanes of at least 4 members (excludes halogenated alkanes) is 1. The molecule has 1 N–H and O–H groups in total. The van der Waals surface area contributed by atoms with Crippen LogP contribution in [0.4, 0.5) is 10.2 Å². The number of aromatic nitrogens is 1. The number of thioether (sulfide) groups is 1. The van der Waals surface area contributed by atoms with Gasteiger partial charge in [0.1, 0.15) is 16.7 Å². The highest BCUT2D eigenvalue weighted by Gasteiger charge is 2.21. The average Bonchev–Trinajstić information content (AvgIpc) is 2.72. The third-order valence-corrected chi connectivity index (χ3v) is 5.87. The van der Waals surface area contributed by atoms with Crippen molar-refractivity contribution in [3.8, 4) is 0 Å². The maximum Gasteiger partial charge on any atom is 0.254 e. The number of nitrogens with one attached hydrogen (secondary N) is 1. The molecule has 0 unspecified atom stereocenters. The lowest BCUT2D eigenvalue weighted by molar-refractivity contribution is 0.0946. The van der Waals surface area contributed by atoms with Gasteiger partial charge in [0, 0.05) is 19.6 Å². The number of amides is 1. The molecule has 5 nitrogen and oxygen atoms in total. The number of carbonyl (C=O) groups is 1. The number of carbonyl (C=O) groups excluding carboxylic acids is 1. The molecular weight excluding hydrogens is 389 g/mol. The predicted octanol–water partition coefficient (Wildman–Crippen LogP) is 4.19. The first kappa shape index (κ1) is 21.6. The number of hydrogen-bond donors (Lipinski definition) is 1. The minimum Gasteiger partial charge on any atom is -0.378 e. The summed E-state index contributed by atoms with van der Waals surface area (Å²) in [6.07, 6.45) is 2.16. The van der Waals surface area contributed by atoms with Crippen molar-refractivity contribution in [1.29, 1.82) is 0 Å². The number of benzene rings is 1. The predicted molar refractivity (Wildman–Crippen MR) is 115 cm³/mol. The van der Waals surface area contributed by atoms with E-state index in [-0.39, 0.29) is 18.3 Å². The summed E-state index contributed by atoms with van der Waals surface area (Å²) in [5.41, 5.74) is 2.24. The van der Waals surface area contributed by atoms with Crippen LogP contribution >= 0.6 is 11.8 Å². The van der Waals surface area contributed by atoms with Crippen LogP contribution in [0.25, 0.3) is 0 Å². The van der Waals surface area contributed by atoms with Gasteiger partial charge in [0.15, 0.2) is 0 Å². The third-order valence-electron chi connectivity index (χ3n) is 4.81. The average molecular weight is 418 g/mol. The molecular formula is C22H28FN3O2S. The Balaban J connectivity index is 1.81. The molecule has 156 valence electrons. The van der Waals surface area contributed by atoms with Crippen molar-refractivity contribution in [3.63, 3.8) is 0 Å². The Hall–Kier alpha value is -2.12. The van der Waals surface area contributed by atoms with Crippen LogP contribution in [0.5, 0.6) is 0 Å². The van der Waals surface area contributed by atoms with Crippen molar-refractivity contribution < 1.29 is 13.9 Å². The zero-order valence-corrected chi connectivity index (χ0v) is 17.9. The van der Waals surface area contributed by atoms with E-state index in [1.807, 2.05) is 13.0 Å². The summed E-state index contributed by atoms with van der Waals surface area (Å²) in [5, 5.41) is 3.68. The van der Waals surface area contributed by atoms with Crippen LogP contribution in [0.1, 0.15) is 41.3 Å². The molecule has 2 aromatic rings. The van der Waals surface area contributed by atoms with E-state index in [4.69, 9.17) is 9.72 Å². The lowest BCUT2D eigenvalue weighted by atomic mass is 10.1. The Labute approximate surface area is 176 Å². The van der Waals surface area contributed by atoms with Crippen LogP contribution in [0.3, 0.4) is 0 Å². The van der Waals surface area contributed by atoms with Crippen molar-refractivity contribution in [1.82, 2.24) is 10.3 Å². The molecule has 0 saturated carbocycles. The molecule has 1 aliphatic rings. The molecule has 1 fully saturated rings. The van der Waals surface area contributed by atoms with E-state index in [1.54, 1.807) is 23.9 Å². The number of rotatable bonds is 8. The Morgan fingerprint density at radius 1 is 1.31 bits per heavy atom. The van der Waals surface area contributed by atoms with Crippen LogP contribution < -0.4 is 10.2 Å². The van der Waals surface area contributed by atoms with Gasteiger partial charge in [-0.15, -0.1) is 11.8 Å². The van der Waals surface area contributed by atoms with Crippen molar-refractivity contribution in [2.75, 3.05) is 37.0 Å². The zero-order chi connectivity index (χ0) is 20.6. The van der Waals surface area contributed by atoms with Gasteiger partial charge < -0.3 is 15.0 Å². The molecule has 1 aliphatic heterocycles. The summed E-state index contributed by atoms with van der Waals surface area (Å²) in [7, 11) is 0. The Kier molecular flexibility index (Phi) is 7.89. The molecule has 1 saturated heterocycles. The van der Waals surface area contributed by atoms with Crippen LogP contribution in [-0.4, -0.2) is 42.9 Å². The van der Waals surface area contributed by atoms with Crippen molar-refractivity contribution in [2.45, 2.75) is 38.3 Å². The topological polar surface area (TPSA) is 54.5 Å². The summed E-state index contributed by atoms with van der Waals surface area (Å²) < 4.78 is 18.8. The van der Waals surface area contributed by atoms with Gasteiger partial charge >= 0.3 is 0 Å². The molecule has 0 spiro atoms. The quantitative estimate of drug-likeness (QED) is 0.516. The Morgan fingerprint density at radius 3 is 2.83 bits per heavy atom. The number of halogens is 1. The second-order valence-corrected chi connectivity index (χ2v) is 8.18. The Morgan fingerprint density at radius 2 is 2.10 bits per heavy atom. The van der Waals surface area contributed by atoms with Crippen LogP contribution in [0, 0.1) is 12.7 Å².